The van der Waals surface area contributed by atoms with Gasteiger partial charge in [0.1, 0.15) is 5.60 Å². The Bertz CT molecular complexity index is 452. The molecule has 0 aliphatic carbocycles. The number of carbonyl (C=O) groups excluding carboxylic acids is 1. The van der Waals surface area contributed by atoms with Gasteiger partial charge in [0.25, 0.3) is 0 Å². The lowest BCUT2D eigenvalue weighted by Crippen LogP contribution is -2.35. The first kappa shape index (κ1) is 15.6. The van der Waals surface area contributed by atoms with E-state index in [2.05, 4.69) is 11.9 Å². The molecular weight excluding hydrogens is 262 g/mol. The Hall–Kier alpha value is -1.48. The maximum atomic E-state index is 11.8. The predicted octanol–water partition coefficient (Wildman–Crippen LogP) is 4.48. The van der Waals surface area contributed by atoms with E-state index >= 15 is 0 Å². The third kappa shape index (κ3) is 5.35. The molecule has 0 unspecified atom stereocenters. The van der Waals surface area contributed by atoms with E-state index in [0.29, 0.717) is 11.4 Å². The van der Waals surface area contributed by atoms with Crippen LogP contribution >= 0.6 is 11.6 Å². The molecule has 0 fully saturated rings. The first-order valence-electron chi connectivity index (χ1n) is 6.18. The number of nitrogens with one attached hydrogen (secondary N) is 1. The molecule has 104 valence electrons. The Balaban J connectivity index is 2.82. The van der Waals surface area contributed by atoms with Crippen LogP contribution in [0.3, 0.4) is 0 Å². The molecule has 0 bridgehead atoms. The highest BCUT2D eigenvalue weighted by atomic mass is 35.5. The third-order valence-corrected chi connectivity index (χ3v) is 2.72. The molecule has 1 amide bonds. The van der Waals surface area contributed by atoms with Gasteiger partial charge in [-0.3, -0.25) is 0 Å². The maximum Gasteiger partial charge on any atom is 0.408 e. The number of rotatable bonds is 4. The average molecular weight is 282 g/mol. The van der Waals surface area contributed by atoms with E-state index in [1.165, 1.54) is 0 Å². The van der Waals surface area contributed by atoms with Crippen LogP contribution in [0.25, 0.3) is 0 Å². The molecule has 0 saturated heterocycles. The Morgan fingerprint density at radius 1 is 1.47 bits per heavy atom. The van der Waals surface area contributed by atoms with Crippen molar-refractivity contribution in [1.82, 2.24) is 5.32 Å². The van der Waals surface area contributed by atoms with Crippen LogP contribution in [0.2, 0.25) is 5.02 Å². The first-order chi connectivity index (χ1) is 8.83. The number of ether oxygens (including phenoxy) is 1. The molecule has 1 aromatic rings. The molecule has 0 radical (unpaired) electrons. The fourth-order valence-corrected chi connectivity index (χ4v) is 1.91. The number of carbonyl (C=O) groups is 1. The van der Waals surface area contributed by atoms with Crippen molar-refractivity contribution in [1.29, 1.82) is 0 Å². The lowest BCUT2D eigenvalue weighted by Gasteiger charge is -2.23. The maximum absolute atomic E-state index is 11.8. The molecule has 1 rings (SSSR count). The molecule has 1 N–H and O–H groups in total. The van der Waals surface area contributed by atoms with Gasteiger partial charge in [0, 0.05) is 5.02 Å². The number of benzene rings is 1. The molecule has 0 spiro atoms. The summed E-state index contributed by atoms with van der Waals surface area (Å²) in [7, 11) is 0. The van der Waals surface area contributed by atoms with Crippen LogP contribution in [0.4, 0.5) is 4.79 Å². The van der Waals surface area contributed by atoms with Gasteiger partial charge in [-0.2, -0.15) is 0 Å². The lowest BCUT2D eigenvalue weighted by molar-refractivity contribution is 0.0504. The topological polar surface area (TPSA) is 38.3 Å². The van der Waals surface area contributed by atoms with Crippen molar-refractivity contribution in [2.24, 2.45) is 0 Å². The van der Waals surface area contributed by atoms with Crippen molar-refractivity contribution in [3.63, 3.8) is 0 Å². The number of amides is 1. The van der Waals surface area contributed by atoms with Gasteiger partial charge in [-0.25, -0.2) is 4.79 Å². The second-order valence-electron chi connectivity index (χ2n) is 5.24. The van der Waals surface area contributed by atoms with Crippen molar-refractivity contribution < 1.29 is 9.53 Å². The van der Waals surface area contributed by atoms with Crippen LogP contribution in [-0.2, 0) is 4.74 Å². The third-order valence-electron chi connectivity index (χ3n) is 2.37. The second-order valence-corrected chi connectivity index (χ2v) is 5.65. The lowest BCUT2D eigenvalue weighted by atomic mass is 10.0. The second kappa shape index (κ2) is 6.62. The fraction of sp³-hybridized carbons (Fsp3) is 0.400. The van der Waals surface area contributed by atoms with Crippen LogP contribution in [0.1, 0.15) is 38.8 Å². The Kier molecular flexibility index (Phi) is 5.43. The van der Waals surface area contributed by atoms with Crippen molar-refractivity contribution >= 4 is 17.7 Å². The summed E-state index contributed by atoms with van der Waals surface area (Å²) in [6.45, 7) is 9.17. The molecular formula is C15H20ClNO2. The van der Waals surface area contributed by atoms with Gasteiger partial charge >= 0.3 is 6.09 Å². The number of alkyl carbamates (subject to hydrolysis) is 1. The van der Waals surface area contributed by atoms with Crippen LogP contribution in [-0.4, -0.2) is 11.7 Å². The smallest absolute Gasteiger partial charge is 0.408 e. The molecule has 1 aromatic carbocycles. The standard InChI is InChI=1S/C15H20ClNO2/c1-5-8-13(11-9-6-7-10-12(11)16)17-14(18)19-15(2,3)4/h5-7,9-10,13H,1,8H2,2-4H3,(H,17,18)/t13-/m1/s1. The summed E-state index contributed by atoms with van der Waals surface area (Å²) in [5.41, 5.74) is 0.332. The van der Waals surface area contributed by atoms with Gasteiger partial charge in [-0.1, -0.05) is 35.9 Å². The van der Waals surface area contributed by atoms with Crippen molar-refractivity contribution in [2.45, 2.75) is 38.8 Å². The van der Waals surface area contributed by atoms with Gasteiger partial charge in [-0.15, -0.1) is 6.58 Å². The van der Waals surface area contributed by atoms with Gasteiger partial charge in [0.15, 0.2) is 0 Å². The van der Waals surface area contributed by atoms with Crippen molar-refractivity contribution in [3.8, 4) is 0 Å². The van der Waals surface area contributed by atoms with Gasteiger partial charge in [0.05, 0.1) is 6.04 Å². The zero-order chi connectivity index (χ0) is 14.5. The SMILES string of the molecule is C=CC[C@@H](NC(=O)OC(C)(C)C)c1ccccc1Cl. The summed E-state index contributed by atoms with van der Waals surface area (Å²) in [5.74, 6) is 0. The molecule has 0 heterocycles. The highest BCUT2D eigenvalue weighted by Crippen LogP contribution is 2.25. The molecule has 0 aliphatic heterocycles. The summed E-state index contributed by atoms with van der Waals surface area (Å²) in [5, 5.41) is 3.43. The summed E-state index contributed by atoms with van der Waals surface area (Å²) < 4.78 is 5.25. The normalized spacial score (nSPS) is 12.6. The molecule has 0 aliphatic rings. The summed E-state index contributed by atoms with van der Waals surface area (Å²) in [6.07, 6.45) is 1.87. The average Bonchev–Trinajstić information content (AvgIpc) is 2.26. The van der Waals surface area contributed by atoms with E-state index in [0.717, 1.165) is 5.56 Å². The van der Waals surface area contributed by atoms with Gasteiger partial charge < -0.3 is 10.1 Å². The zero-order valence-electron chi connectivity index (χ0n) is 11.6. The molecule has 3 nitrogen and oxygen atoms in total. The summed E-state index contributed by atoms with van der Waals surface area (Å²) in [4.78, 5) is 11.8. The minimum absolute atomic E-state index is 0.235. The minimum atomic E-state index is -0.525. The quantitative estimate of drug-likeness (QED) is 0.826. The van der Waals surface area contributed by atoms with Crippen LogP contribution < -0.4 is 5.32 Å². The van der Waals surface area contributed by atoms with E-state index in [4.69, 9.17) is 16.3 Å². The monoisotopic (exact) mass is 281 g/mol. The van der Waals surface area contributed by atoms with Gasteiger partial charge in [0.2, 0.25) is 0 Å². The minimum Gasteiger partial charge on any atom is -0.444 e. The van der Waals surface area contributed by atoms with E-state index in [-0.39, 0.29) is 6.04 Å². The van der Waals surface area contributed by atoms with Crippen LogP contribution in [0.15, 0.2) is 36.9 Å². The van der Waals surface area contributed by atoms with Crippen LogP contribution in [0.5, 0.6) is 0 Å². The molecule has 4 heteroatoms. The Labute approximate surface area is 119 Å². The summed E-state index contributed by atoms with van der Waals surface area (Å²) in [6, 6.07) is 7.18. The highest BCUT2D eigenvalue weighted by Gasteiger charge is 2.20. The fourth-order valence-electron chi connectivity index (χ4n) is 1.64. The number of halogens is 1. The molecule has 1 atom stereocenters. The summed E-state index contributed by atoms with van der Waals surface area (Å²) >= 11 is 6.14. The van der Waals surface area contributed by atoms with Crippen LogP contribution in [0, 0.1) is 0 Å². The van der Waals surface area contributed by atoms with E-state index < -0.39 is 11.7 Å². The Morgan fingerprint density at radius 2 is 2.11 bits per heavy atom. The Morgan fingerprint density at radius 3 is 2.63 bits per heavy atom. The number of hydrogen-bond donors (Lipinski definition) is 1. The van der Waals surface area contributed by atoms with Gasteiger partial charge in [-0.05, 0) is 38.8 Å². The van der Waals surface area contributed by atoms with E-state index in [1.54, 1.807) is 12.1 Å². The highest BCUT2D eigenvalue weighted by molar-refractivity contribution is 6.31. The van der Waals surface area contributed by atoms with E-state index in [1.807, 2.05) is 39.0 Å². The molecule has 0 aromatic heterocycles. The predicted molar refractivity (Wildman–Crippen MR) is 78.4 cm³/mol. The number of hydrogen-bond acceptors (Lipinski definition) is 2. The van der Waals surface area contributed by atoms with Crippen molar-refractivity contribution in [2.75, 3.05) is 0 Å². The largest absolute Gasteiger partial charge is 0.444 e. The molecule has 0 saturated carbocycles. The first-order valence-corrected chi connectivity index (χ1v) is 6.56. The zero-order valence-corrected chi connectivity index (χ0v) is 12.3. The molecule has 19 heavy (non-hydrogen) atoms. The van der Waals surface area contributed by atoms with E-state index in [9.17, 15) is 4.79 Å². The van der Waals surface area contributed by atoms with Crippen molar-refractivity contribution in [3.05, 3.63) is 47.5 Å².